The number of nitrogens with zero attached hydrogens (tertiary/aromatic N) is 2. The zero-order valence-corrected chi connectivity index (χ0v) is 5.69. The summed E-state index contributed by atoms with van der Waals surface area (Å²) in [7, 11) is 0. The quantitative estimate of drug-likeness (QED) is 0.567. The molecule has 0 aliphatic carbocycles. The molecule has 3 heteroatoms. The molecule has 0 aromatic carbocycles. The van der Waals surface area contributed by atoms with Gasteiger partial charge in [0.2, 0.25) is 0 Å². The van der Waals surface area contributed by atoms with Gasteiger partial charge in [-0.05, 0) is 18.2 Å². The van der Waals surface area contributed by atoms with Crippen molar-refractivity contribution in [3.05, 3.63) is 30.6 Å². The van der Waals surface area contributed by atoms with Crippen molar-refractivity contribution < 1.29 is 5.11 Å². The van der Waals surface area contributed by atoms with Crippen LogP contribution in [0.4, 0.5) is 0 Å². The number of pyridine rings is 2. The summed E-state index contributed by atoms with van der Waals surface area (Å²) in [6, 6.07) is 5.12. The SMILES string of the molecule is [O]c1cnc2ncccc2c1. The average Bonchev–Trinajstić information content (AvgIpc) is 2.04. The Morgan fingerprint density at radius 3 is 3.09 bits per heavy atom. The zero-order valence-electron chi connectivity index (χ0n) is 5.69. The summed E-state index contributed by atoms with van der Waals surface area (Å²) >= 11 is 0. The Balaban J connectivity index is 2.83. The van der Waals surface area contributed by atoms with Crippen LogP contribution in [0.2, 0.25) is 0 Å². The molecule has 1 radical (unpaired) electrons. The van der Waals surface area contributed by atoms with E-state index in [1.807, 2.05) is 6.07 Å². The second kappa shape index (κ2) is 2.20. The van der Waals surface area contributed by atoms with Crippen LogP contribution >= 0.6 is 0 Å². The van der Waals surface area contributed by atoms with Gasteiger partial charge in [-0.1, -0.05) is 0 Å². The van der Waals surface area contributed by atoms with Crippen molar-refractivity contribution in [3.63, 3.8) is 0 Å². The van der Waals surface area contributed by atoms with Crippen molar-refractivity contribution >= 4 is 11.0 Å². The highest BCUT2D eigenvalue weighted by Gasteiger charge is 1.95. The fourth-order valence-electron chi connectivity index (χ4n) is 0.945. The van der Waals surface area contributed by atoms with E-state index in [0.29, 0.717) is 5.65 Å². The Kier molecular flexibility index (Phi) is 1.22. The Morgan fingerprint density at radius 1 is 1.27 bits per heavy atom. The minimum Gasteiger partial charge on any atom is -0.288 e. The van der Waals surface area contributed by atoms with Crippen molar-refractivity contribution in [3.8, 4) is 5.75 Å². The number of hydrogen-bond donors (Lipinski definition) is 0. The van der Waals surface area contributed by atoms with Gasteiger partial charge in [0.05, 0.1) is 6.20 Å². The van der Waals surface area contributed by atoms with Gasteiger partial charge < -0.3 is 0 Å². The van der Waals surface area contributed by atoms with Gasteiger partial charge in [-0.25, -0.2) is 9.97 Å². The van der Waals surface area contributed by atoms with E-state index in [9.17, 15) is 5.11 Å². The lowest BCUT2D eigenvalue weighted by Crippen LogP contribution is -1.80. The molecule has 2 heterocycles. The van der Waals surface area contributed by atoms with Crippen molar-refractivity contribution in [2.45, 2.75) is 0 Å². The predicted molar refractivity (Wildman–Crippen MR) is 39.7 cm³/mol. The van der Waals surface area contributed by atoms with Gasteiger partial charge >= 0.3 is 0 Å². The predicted octanol–water partition coefficient (Wildman–Crippen LogP) is 1.77. The summed E-state index contributed by atoms with van der Waals surface area (Å²) in [6.45, 7) is 0. The topological polar surface area (TPSA) is 45.7 Å². The Hall–Kier alpha value is -1.64. The van der Waals surface area contributed by atoms with Crippen LogP contribution in [0.25, 0.3) is 11.0 Å². The summed E-state index contributed by atoms with van der Waals surface area (Å²) in [5, 5.41) is 11.6. The third-order valence-electron chi connectivity index (χ3n) is 1.43. The highest BCUT2D eigenvalue weighted by molar-refractivity contribution is 5.75. The van der Waals surface area contributed by atoms with Gasteiger partial charge in [0, 0.05) is 11.6 Å². The van der Waals surface area contributed by atoms with Crippen molar-refractivity contribution in [2.24, 2.45) is 0 Å². The molecule has 0 unspecified atom stereocenters. The molecule has 0 atom stereocenters. The minimum absolute atomic E-state index is 0.0782. The maximum absolute atomic E-state index is 10.8. The molecule has 0 N–H and O–H groups in total. The van der Waals surface area contributed by atoms with E-state index in [-0.39, 0.29) is 5.75 Å². The zero-order chi connectivity index (χ0) is 7.68. The van der Waals surface area contributed by atoms with E-state index in [4.69, 9.17) is 0 Å². The highest BCUT2D eigenvalue weighted by Crippen LogP contribution is 2.14. The molecule has 0 aliphatic rings. The Morgan fingerprint density at radius 2 is 2.18 bits per heavy atom. The Bertz CT molecular complexity index is 387. The molecule has 0 saturated heterocycles. The van der Waals surface area contributed by atoms with Crippen LogP contribution < -0.4 is 0 Å². The average molecular weight is 145 g/mol. The first-order valence-electron chi connectivity index (χ1n) is 3.24. The second-order valence-corrected chi connectivity index (χ2v) is 2.22. The standard InChI is InChI=1S/C8H5N2O/c11-7-4-6-2-1-3-9-8(6)10-5-7/h1-5H. The van der Waals surface area contributed by atoms with Crippen LogP contribution in [0.15, 0.2) is 30.6 Å². The van der Waals surface area contributed by atoms with Crippen molar-refractivity contribution in [2.75, 3.05) is 0 Å². The maximum atomic E-state index is 10.8. The van der Waals surface area contributed by atoms with Gasteiger partial charge in [-0.2, -0.15) is 0 Å². The first-order valence-corrected chi connectivity index (χ1v) is 3.24. The molecule has 2 rings (SSSR count). The van der Waals surface area contributed by atoms with Crippen molar-refractivity contribution in [1.29, 1.82) is 0 Å². The monoisotopic (exact) mass is 145 g/mol. The summed E-state index contributed by atoms with van der Waals surface area (Å²) in [5.74, 6) is -0.0782. The number of fused-ring (bicyclic) bond motifs is 1. The maximum Gasteiger partial charge on any atom is 0.197 e. The molecule has 0 amide bonds. The molecule has 0 bridgehead atoms. The summed E-state index contributed by atoms with van der Waals surface area (Å²) in [5.41, 5.74) is 0.618. The van der Waals surface area contributed by atoms with E-state index in [0.717, 1.165) is 5.39 Å². The first kappa shape index (κ1) is 6.09. The third-order valence-corrected chi connectivity index (χ3v) is 1.43. The molecule has 2 aromatic heterocycles. The number of hydrogen-bond acceptors (Lipinski definition) is 2. The lowest BCUT2D eigenvalue weighted by Gasteiger charge is -1.92. The summed E-state index contributed by atoms with van der Waals surface area (Å²) in [6.07, 6.45) is 2.93. The second-order valence-electron chi connectivity index (χ2n) is 2.22. The molecule has 2 aromatic rings. The molecule has 0 aliphatic heterocycles. The van der Waals surface area contributed by atoms with Gasteiger partial charge in [0.25, 0.3) is 0 Å². The number of aromatic nitrogens is 2. The lowest BCUT2D eigenvalue weighted by atomic mass is 10.3. The van der Waals surface area contributed by atoms with E-state index in [1.54, 1.807) is 12.3 Å². The van der Waals surface area contributed by atoms with Crippen LogP contribution in [0, 0.1) is 0 Å². The molecule has 0 fully saturated rings. The Labute approximate surface area is 63.3 Å². The van der Waals surface area contributed by atoms with Gasteiger partial charge in [-0.15, -0.1) is 0 Å². The van der Waals surface area contributed by atoms with Gasteiger partial charge in [0.1, 0.15) is 0 Å². The third kappa shape index (κ3) is 1.00. The normalized spacial score (nSPS) is 10.2. The van der Waals surface area contributed by atoms with Crippen LogP contribution in [-0.2, 0) is 5.11 Å². The first-order chi connectivity index (χ1) is 5.36. The van der Waals surface area contributed by atoms with E-state index in [2.05, 4.69) is 9.97 Å². The van der Waals surface area contributed by atoms with Crippen LogP contribution in [-0.4, -0.2) is 9.97 Å². The minimum atomic E-state index is -0.0782. The highest BCUT2D eigenvalue weighted by atomic mass is 16.3. The van der Waals surface area contributed by atoms with E-state index >= 15 is 0 Å². The van der Waals surface area contributed by atoms with Crippen molar-refractivity contribution in [1.82, 2.24) is 9.97 Å². The lowest BCUT2D eigenvalue weighted by molar-refractivity contribution is 0.354. The number of rotatable bonds is 0. The molecule has 0 saturated carbocycles. The molecule has 0 spiro atoms. The fourth-order valence-corrected chi connectivity index (χ4v) is 0.945. The van der Waals surface area contributed by atoms with Gasteiger partial charge in [-0.3, -0.25) is 5.11 Å². The molecular formula is C8H5N2O. The van der Waals surface area contributed by atoms with Crippen LogP contribution in [0.1, 0.15) is 0 Å². The van der Waals surface area contributed by atoms with Gasteiger partial charge in [0.15, 0.2) is 11.4 Å². The molecule has 3 nitrogen and oxygen atoms in total. The van der Waals surface area contributed by atoms with Crippen LogP contribution in [0.3, 0.4) is 0 Å². The molecule has 53 valence electrons. The molecular weight excluding hydrogens is 140 g/mol. The largest absolute Gasteiger partial charge is 0.288 e. The van der Waals surface area contributed by atoms with E-state index < -0.39 is 0 Å². The molecule has 11 heavy (non-hydrogen) atoms. The summed E-state index contributed by atoms with van der Waals surface area (Å²) < 4.78 is 0. The fraction of sp³-hybridized carbons (Fsp3) is 0. The van der Waals surface area contributed by atoms with Crippen LogP contribution in [0.5, 0.6) is 5.75 Å². The van der Waals surface area contributed by atoms with E-state index in [1.165, 1.54) is 12.3 Å². The smallest absolute Gasteiger partial charge is 0.197 e. The summed E-state index contributed by atoms with van der Waals surface area (Å²) in [4.78, 5) is 7.83.